The van der Waals surface area contributed by atoms with E-state index in [4.69, 9.17) is 4.98 Å². The van der Waals surface area contributed by atoms with Crippen LogP contribution in [0.4, 0.5) is 0 Å². The second-order valence-electron chi connectivity index (χ2n) is 8.47. The number of rotatable bonds is 3. The molecule has 4 nitrogen and oxygen atoms in total. The molecule has 0 spiro atoms. The van der Waals surface area contributed by atoms with Gasteiger partial charge in [-0.2, -0.15) is 0 Å². The minimum atomic E-state index is 0.116. The third-order valence-electron chi connectivity index (χ3n) is 6.12. The molecule has 1 atom stereocenters. The van der Waals surface area contributed by atoms with Crippen molar-refractivity contribution in [2.24, 2.45) is 0 Å². The SMILES string of the molecule is Cc1cccc(-c2cnc(C)nc2[C@@H]2CCCN(C(=O)c3ccc(C)c(C)c3)C2)c1. The monoisotopic (exact) mass is 399 g/mol. The Kier molecular flexibility index (Phi) is 5.67. The fraction of sp³-hybridized carbons (Fsp3) is 0.346. The van der Waals surface area contributed by atoms with Crippen LogP contribution in [0.1, 0.15) is 57.3 Å². The molecule has 3 aromatic rings. The van der Waals surface area contributed by atoms with Gasteiger partial charge in [0.25, 0.3) is 5.91 Å². The summed E-state index contributed by atoms with van der Waals surface area (Å²) in [5, 5.41) is 0. The molecule has 2 heterocycles. The van der Waals surface area contributed by atoms with Crippen LogP contribution in [0.3, 0.4) is 0 Å². The molecule has 0 aliphatic carbocycles. The molecule has 0 bridgehead atoms. The van der Waals surface area contributed by atoms with E-state index < -0.39 is 0 Å². The Morgan fingerprint density at radius 1 is 1.03 bits per heavy atom. The van der Waals surface area contributed by atoms with E-state index in [0.29, 0.717) is 6.54 Å². The third kappa shape index (κ3) is 4.13. The number of likely N-dealkylation sites (tertiary alicyclic amines) is 1. The molecule has 154 valence electrons. The van der Waals surface area contributed by atoms with Gasteiger partial charge in [-0.25, -0.2) is 9.97 Å². The van der Waals surface area contributed by atoms with Crippen LogP contribution in [0.2, 0.25) is 0 Å². The zero-order valence-electron chi connectivity index (χ0n) is 18.3. The van der Waals surface area contributed by atoms with Gasteiger partial charge in [-0.3, -0.25) is 4.79 Å². The molecule has 1 amide bonds. The van der Waals surface area contributed by atoms with Crippen LogP contribution in [0, 0.1) is 27.7 Å². The van der Waals surface area contributed by atoms with Crippen LogP contribution in [-0.4, -0.2) is 33.9 Å². The smallest absolute Gasteiger partial charge is 0.253 e. The highest BCUT2D eigenvalue weighted by Crippen LogP contribution is 2.33. The predicted molar refractivity (Wildman–Crippen MR) is 121 cm³/mol. The van der Waals surface area contributed by atoms with Crippen molar-refractivity contribution in [3.05, 3.63) is 82.4 Å². The highest BCUT2D eigenvalue weighted by Gasteiger charge is 2.28. The van der Waals surface area contributed by atoms with Crippen molar-refractivity contribution in [3.8, 4) is 11.1 Å². The van der Waals surface area contributed by atoms with Crippen LogP contribution in [0.5, 0.6) is 0 Å². The third-order valence-corrected chi connectivity index (χ3v) is 6.12. The number of benzene rings is 2. The minimum Gasteiger partial charge on any atom is -0.338 e. The lowest BCUT2D eigenvalue weighted by Crippen LogP contribution is -2.39. The lowest BCUT2D eigenvalue weighted by atomic mass is 9.89. The van der Waals surface area contributed by atoms with Crippen molar-refractivity contribution in [1.82, 2.24) is 14.9 Å². The Hall–Kier alpha value is -3.01. The Morgan fingerprint density at radius 2 is 1.87 bits per heavy atom. The number of aryl methyl sites for hydroxylation is 4. The molecule has 4 heteroatoms. The summed E-state index contributed by atoms with van der Waals surface area (Å²) in [6, 6.07) is 14.5. The van der Waals surface area contributed by atoms with Crippen LogP contribution < -0.4 is 0 Å². The average Bonchev–Trinajstić information content (AvgIpc) is 2.75. The van der Waals surface area contributed by atoms with Gasteiger partial charge < -0.3 is 4.90 Å². The summed E-state index contributed by atoms with van der Waals surface area (Å²) in [5.41, 5.74) is 7.64. The van der Waals surface area contributed by atoms with Gasteiger partial charge >= 0.3 is 0 Å². The molecule has 0 saturated carbocycles. The van der Waals surface area contributed by atoms with Crippen molar-refractivity contribution in [1.29, 1.82) is 0 Å². The van der Waals surface area contributed by atoms with Crippen molar-refractivity contribution in [2.75, 3.05) is 13.1 Å². The number of hydrogen-bond acceptors (Lipinski definition) is 3. The maximum Gasteiger partial charge on any atom is 0.253 e. The first-order valence-electron chi connectivity index (χ1n) is 10.7. The van der Waals surface area contributed by atoms with Gasteiger partial charge in [0, 0.05) is 36.3 Å². The maximum atomic E-state index is 13.2. The summed E-state index contributed by atoms with van der Waals surface area (Å²) in [6.07, 6.45) is 3.96. The van der Waals surface area contributed by atoms with E-state index in [1.807, 2.05) is 36.2 Å². The summed E-state index contributed by atoms with van der Waals surface area (Å²) >= 11 is 0. The zero-order chi connectivity index (χ0) is 21.3. The molecule has 0 unspecified atom stereocenters. The van der Waals surface area contributed by atoms with Crippen LogP contribution in [0.25, 0.3) is 11.1 Å². The molecule has 1 aliphatic rings. The molecule has 30 heavy (non-hydrogen) atoms. The van der Waals surface area contributed by atoms with E-state index in [9.17, 15) is 4.79 Å². The summed E-state index contributed by atoms with van der Waals surface area (Å²) < 4.78 is 0. The minimum absolute atomic E-state index is 0.116. The molecule has 2 aromatic carbocycles. The van der Waals surface area contributed by atoms with E-state index >= 15 is 0 Å². The number of piperidine rings is 1. The van der Waals surface area contributed by atoms with Gasteiger partial charge in [-0.05, 0) is 69.4 Å². The summed E-state index contributed by atoms with van der Waals surface area (Å²) in [7, 11) is 0. The van der Waals surface area contributed by atoms with E-state index in [2.05, 4.69) is 50.0 Å². The Bertz CT molecular complexity index is 1090. The lowest BCUT2D eigenvalue weighted by molar-refractivity contribution is 0.0706. The summed E-state index contributed by atoms with van der Waals surface area (Å²) in [4.78, 5) is 24.5. The molecule has 1 aliphatic heterocycles. The Labute approximate surface area is 179 Å². The summed E-state index contributed by atoms with van der Waals surface area (Å²) in [5.74, 6) is 1.11. The van der Waals surface area contributed by atoms with Gasteiger partial charge in [0.05, 0.1) is 5.69 Å². The molecular formula is C26H29N3O. The van der Waals surface area contributed by atoms with E-state index in [1.54, 1.807) is 0 Å². The fourth-order valence-electron chi connectivity index (χ4n) is 4.28. The normalized spacial score (nSPS) is 16.5. The predicted octanol–water partition coefficient (Wildman–Crippen LogP) is 5.40. The van der Waals surface area contributed by atoms with E-state index in [0.717, 1.165) is 53.2 Å². The standard InChI is InChI=1S/C26H29N3O/c1-17-7-5-8-21(13-17)24-15-27-20(4)28-25(24)23-9-6-12-29(16-23)26(30)22-11-10-18(2)19(3)14-22/h5,7-8,10-11,13-15,23H,6,9,12,16H2,1-4H3/t23-/m1/s1. The largest absolute Gasteiger partial charge is 0.338 e. The van der Waals surface area contributed by atoms with Crippen molar-refractivity contribution >= 4 is 5.91 Å². The van der Waals surface area contributed by atoms with Crippen LogP contribution in [-0.2, 0) is 0 Å². The van der Waals surface area contributed by atoms with Gasteiger partial charge in [-0.1, -0.05) is 35.9 Å². The quantitative estimate of drug-likeness (QED) is 0.593. The molecular weight excluding hydrogens is 370 g/mol. The molecule has 4 rings (SSSR count). The first-order chi connectivity index (χ1) is 14.4. The van der Waals surface area contributed by atoms with Crippen LogP contribution >= 0.6 is 0 Å². The van der Waals surface area contributed by atoms with Gasteiger partial charge in [-0.15, -0.1) is 0 Å². The number of hydrogen-bond donors (Lipinski definition) is 0. The molecule has 1 aromatic heterocycles. The average molecular weight is 400 g/mol. The highest BCUT2D eigenvalue weighted by atomic mass is 16.2. The van der Waals surface area contributed by atoms with Gasteiger partial charge in [0.1, 0.15) is 5.82 Å². The van der Waals surface area contributed by atoms with Crippen molar-refractivity contribution < 1.29 is 4.79 Å². The Balaban J connectivity index is 1.64. The highest BCUT2D eigenvalue weighted by molar-refractivity contribution is 5.94. The first-order valence-corrected chi connectivity index (χ1v) is 10.7. The van der Waals surface area contributed by atoms with Crippen LogP contribution in [0.15, 0.2) is 48.7 Å². The number of nitrogens with zero attached hydrogens (tertiary/aromatic N) is 3. The van der Waals surface area contributed by atoms with Crippen molar-refractivity contribution in [2.45, 2.75) is 46.5 Å². The van der Waals surface area contributed by atoms with E-state index in [-0.39, 0.29) is 11.8 Å². The second kappa shape index (κ2) is 8.39. The molecule has 0 radical (unpaired) electrons. The maximum absolute atomic E-state index is 13.2. The number of amides is 1. The molecule has 0 N–H and O–H groups in total. The number of carbonyl (C=O) groups is 1. The zero-order valence-corrected chi connectivity index (χ0v) is 18.3. The topological polar surface area (TPSA) is 46.1 Å². The second-order valence-corrected chi connectivity index (χ2v) is 8.47. The molecule has 1 fully saturated rings. The van der Waals surface area contributed by atoms with Gasteiger partial charge in [0.15, 0.2) is 0 Å². The Morgan fingerprint density at radius 3 is 2.63 bits per heavy atom. The lowest BCUT2D eigenvalue weighted by Gasteiger charge is -2.33. The molecule has 1 saturated heterocycles. The van der Waals surface area contributed by atoms with E-state index in [1.165, 1.54) is 11.1 Å². The van der Waals surface area contributed by atoms with Crippen molar-refractivity contribution in [3.63, 3.8) is 0 Å². The summed E-state index contributed by atoms with van der Waals surface area (Å²) in [6.45, 7) is 9.66. The number of aromatic nitrogens is 2. The first kappa shape index (κ1) is 20.3. The fourth-order valence-corrected chi connectivity index (χ4v) is 4.28. The van der Waals surface area contributed by atoms with Gasteiger partial charge in [0.2, 0.25) is 0 Å². The number of carbonyl (C=O) groups excluding carboxylic acids is 1.